The number of benzene rings is 2. The van der Waals surface area contributed by atoms with E-state index < -0.39 is 0 Å². The third-order valence-electron chi connectivity index (χ3n) is 7.38. The average molecular weight is 492 g/mol. The van der Waals surface area contributed by atoms with E-state index in [1.807, 2.05) is 36.7 Å². The lowest BCUT2D eigenvalue weighted by Crippen LogP contribution is -2.25. The van der Waals surface area contributed by atoms with Gasteiger partial charge in [0.1, 0.15) is 5.75 Å². The van der Waals surface area contributed by atoms with Gasteiger partial charge in [0, 0.05) is 39.3 Å². The van der Waals surface area contributed by atoms with E-state index in [1.165, 1.54) is 6.42 Å². The predicted octanol–water partition coefficient (Wildman–Crippen LogP) is 6.19. The third-order valence-corrected chi connectivity index (χ3v) is 7.63. The minimum Gasteiger partial charge on any atom is -0.497 e. The Balaban J connectivity index is 1.61. The number of hydrogen-bond acceptors (Lipinski definition) is 3. The van der Waals surface area contributed by atoms with Gasteiger partial charge in [0.25, 0.3) is 11.5 Å². The van der Waals surface area contributed by atoms with Crippen molar-refractivity contribution in [2.45, 2.75) is 58.4 Å². The van der Waals surface area contributed by atoms with Crippen LogP contribution in [-0.2, 0) is 6.42 Å². The van der Waals surface area contributed by atoms with Crippen molar-refractivity contribution in [1.82, 2.24) is 14.3 Å². The molecule has 0 saturated heterocycles. The minimum absolute atomic E-state index is 0.0584. The van der Waals surface area contributed by atoms with Crippen molar-refractivity contribution in [3.63, 3.8) is 0 Å². The molecule has 0 unspecified atom stereocenters. The zero-order chi connectivity index (χ0) is 24.7. The molecule has 182 valence electrons. The number of nitrogens with one attached hydrogen (secondary N) is 1. The Hall–Kier alpha value is -3.25. The summed E-state index contributed by atoms with van der Waals surface area (Å²) in [7, 11) is 1.63. The van der Waals surface area contributed by atoms with Gasteiger partial charge in [-0.2, -0.15) is 0 Å². The molecule has 1 fully saturated rings. The molecule has 1 aliphatic rings. The first-order chi connectivity index (χ1) is 16.9. The average Bonchev–Trinajstić information content (AvgIpc) is 3.32. The lowest BCUT2D eigenvalue weighted by atomic mass is 9.96. The van der Waals surface area contributed by atoms with Gasteiger partial charge in [0.15, 0.2) is 0 Å². The van der Waals surface area contributed by atoms with Crippen molar-refractivity contribution in [3.05, 3.63) is 85.9 Å². The number of aromatic amines is 1. The first-order valence-electron chi connectivity index (χ1n) is 12.2. The number of ether oxygens (including phenoxy) is 1. The fraction of sp³-hybridized carbons (Fsp3) is 0.357. The summed E-state index contributed by atoms with van der Waals surface area (Å²) >= 11 is 6.04. The maximum absolute atomic E-state index is 13.6. The van der Waals surface area contributed by atoms with Gasteiger partial charge in [-0.15, -0.1) is 0 Å². The van der Waals surface area contributed by atoms with Gasteiger partial charge in [0.2, 0.25) is 0 Å². The number of hydrogen-bond donors (Lipinski definition) is 1. The lowest BCUT2D eigenvalue weighted by Gasteiger charge is -2.22. The molecule has 35 heavy (non-hydrogen) atoms. The summed E-state index contributed by atoms with van der Waals surface area (Å²) in [5.74, 6) is 0.602. The van der Waals surface area contributed by atoms with Crippen LogP contribution in [0.2, 0.25) is 5.02 Å². The van der Waals surface area contributed by atoms with Crippen molar-refractivity contribution < 1.29 is 9.53 Å². The molecule has 0 bridgehead atoms. The molecule has 2 aromatic carbocycles. The van der Waals surface area contributed by atoms with Crippen molar-refractivity contribution >= 4 is 28.4 Å². The number of rotatable bonds is 5. The lowest BCUT2D eigenvalue weighted by molar-refractivity contribution is 0.0963. The van der Waals surface area contributed by atoms with Gasteiger partial charge in [-0.05, 0) is 74.7 Å². The van der Waals surface area contributed by atoms with E-state index in [9.17, 15) is 9.59 Å². The molecular formula is C28H30ClN3O3. The van der Waals surface area contributed by atoms with Gasteiger partial charge in [-0.3, -0.25) is 19.3 Å². The monoisotopic (exact) mass is 491 g/mol. The van der Waals surface area contributed by atoms with Crippen LogP contribution in [0, 0.1) is 13.8 Å². The summed E-state index contributed by atoms with van der Waals surface area (Å²) in [6.07, 6.45) is 6.14. The van der Waals surface area contributed by atoms with Crippen LogP contribution in [0.5, 0.6) is 5.75 Å². The van der Waals surface area contributed by atoms with Crippen molar-refractivity contribution in [1.29, 1.82) is 0 Å². The van der Waals surface area contributed by atoms with E-state index in [-0.39, 0.29) is 17.5 Å². The van der Waals surface area contributed by atoms with E-state index >= 15 is 0 Å². The highest BCUT2D eigenvalue weighted by Crippen LogP contribution is 2.33. The Labute approximate surface area is 209 Å². The van der Waals surface area contributed by atoms with E-state index in [1.54, 1.807) is 35.9 Å². The van der Waals surface area contributed by atoms with Crippen LogP contribution < -0.4 is 10.3 Å². The molecule has 2 heterocycles. The number of carbonyl (C=O) groups excluding carboxylic acids is 1. The smallest absolute Gasteiger partial charge is 0.269 e. The molecule has 0 radical (unpaired) electrons. The van der Waals surface area contributed by atoms with E-state index in [4.69, 9.17) is 16.3 Å². The van der Waals surface area contributed by atoms with Crippen molar-refractivity contribution in [3.8, 4) is 5.75 Å². The zero-order valence-electron chi connectivity index (χ0n) is 20.4. The molecule has 4 aromatic rings. The Morgan fingerprint density at radius 3 is 2.49 bits per heavy atom. The van der Waals surface area contributed by atoms with Crippen molar-refractivity contribution in [2.24, 2.45) is 0 Å². The van der Waals surface area contributed by atoms with Gasteiger partial charge in [0.05, 0.1) is 18.7 Å². The maximum Gasteiger partial charge on any atom is 0.269 e. The molecule has 1 N–H and O–H groups in total. The first-order valence-corrected chi connectivity index (χ1v) is 12.5. The van der Waals surface area contributed by atoms with E-state index in [0.29, 0.717) is 17.0 Å². The molecule has 0 atom stereocenters. The fourth-order valence-corrected chi connectivity index (χ4v) is 5.46. The molecule has 0 aliphatic heterocycles. The summed E-state index contributed by atoms with van der Waals surface area (Å²) in [6, 6.07) is 12.9. The topological polar surface area (TPSA) is 69.0 Å². The summed E-state index contributed by atoms with van der Waals surface area (Å²) in [5.41, 5.74) is 4.91. The minimum atomic E-state index is -0.120. The number of carbonyl (C=O) groups is 1. The number of aromatic nitrogens is 3. The maximum atomic E-state index is 13.6. The molecule has 6 nitrogen and oxygen atoms in total. The second-order valence-electron chi connectivity index (χ2n) is 9.45. The van der Waals surface area contributed by atoms with Crippen LogP contribution in [0.4, 0.5) is 0 Å². The quantitative estimate of drug-likeness (QED) is 0.361. The highest BCUT2D eigenvalue weighted by atomic mass is 35.5. The van der Waals surface area contributed by atoms with Gasteiger partial charge < -0.3 is 4.74 Å². The van der Waals surface area contributed by atoms with E-state index in [0.717, 1.165) is 64.9 Å². The Kier molecular flexibility index (Phi) is 6.32. The van der Waals surface area contributed by atoms with Crippen LogP contribution in [0.15, 0.2) is 47.3 Å². The standard InChI is InChI=1S/C28H30ClN3O3/c1-17-25(30-32(27(17)33)21-7-5-4-6-8-21)16-23-18(2)31(26-14-13-22(35-3)15-24(23)26)28(34)19-9-11-20(29)12-10-19/h9-15,21,30H,4-8,16H2,1-3H3. The zero-order valence-corrected chi connectivity index (χ0v) is 21.1. The Bertz CT molecular complexity index is 1450. The molecular weight excluding hydrogens is 462 g/mol. The van der Waals surface area contributed by atoms with Gasteiger partial charge >= 0.3 is 0 Å². The molecule has 1 aliphatic carbocycles. The largest absolute Gasteiger partial charge is 0.497 e. The van der Waals surface area contributed by atoms with Gasteiger partial charge in [-0.25, -0.2) is 4.68 Å². The van der Waals surface area contributed by atoms with Crippen LogP contribution >= 0.6 is 11.6 Å². The third kappa shape index (κ3) is 4.20. The van der Waals surface area contributed by atoms with Crippen LogP contribution in [-0.4, -0.2) is 27.4 Å². The molecule has 0 amide bonds. The number of nitrogens with zero attached hydrogens (tertiary/aromatic N) is 2. The first kappa shape index (κ1) is 23.5. The molecule has 2 aromatic heterocycles. The fourth-order valence-electron chi connectivity index (χ4n) is 5.33. The summed E-state index contributed by atoms with van der Waals surface area (Å²) in [6.45, 7) is 3.85. The Morgan fingerprint density at radius 1 is 1.09 bits per heavy atom. The van der Waals surface area contributed by atoms with Crippen LogP contribution in [0.25, 0.3) is 10.9 Å². The molecule has 0 spiro atoms. The highest BCUT2D eigenvalue weighted by molar-refractivity contribution is 6.30. The normalized spacial score (nSPS) is 14.5. The molecule has 7 heteroatoms. The SMILES string of the molecule is COc1ccc2c(c1)c(Cc1[nH]n(C3CCCCC3)c(=O)c1C)c(C)n2C(=O)c1ccc(Cl)cc1. The molecule has 1 saturated carbocycles. The number of methoxy groups -OCH3 is 1. The summed E-state index contributed by atoms with van der Waals surface area (Å²) in [5, 5.41) is 4.95. The van der Waals surface area contributed by atoms with Crippen LogP contribution in [0.3, 0.4) is 0 Å². The predicted molar refractivity (Wildman–Crippen MR) is 139 cm³/mol. The van der Waals surface area contributed by atoms with Gasteiger partial charge in [-0.1, -0.05) is 30.9 Å². The second-order valence-corrected chi connectivity index (χ2v) is 9.89. The van der Waals surface area contributed by atoms with E-state index in [2.05, 4.69) is 5.10 Å². The summed E-state index contributed by atoms with van der Waals surface area (Å²) in [4.78, 5) is 26.7. The Morgan fingerprint density at radius 2 is 1.80 bits per heavy atom. The van der Waals surface area contributed by atoms with Crippen LogP contribution in [0.1, 0.15) is 71.0 Å². The molecule has 5 rings (SSSR count). The second kappa shape index (κ2) is 9.42. The number of H-pyrrole nitrogens is 1. The highest BCUT2D eigenvalue weighted by Gasteiger charge is 2.24. The number of halogens is 1. The number of fused-ring (bicyclic) bond motifs is 1. The van der Waals surface area contributed by atoms with Crippen molar-refractivity contribution in [2.75, 3.05) is 7.11 Å². The summed E-state index contributed by atoms with van der Waals surface area (Å²) < 4.78 is 9.07.